The van der Waals surface area contributed by atoms with E-state index in [-0.39, 0.29) is 12.2 Å². The van der Waals surface area contributed by atoms with Crippen molar-refractivity contribution in [1.82, 2.24) is 4.90 Å². The normalized spacial score (nSPS) is 23.6. The highest BCUT2D eigenvalue weighted by atomic mass is 16.4. The first-order chi connectivity index (χ1) is 5.66. The Labute approximate surface area is 68.9 Å². The molecule has 0 radical (unpaired) electrons. The number of carbonyl (C=O) groups is 1. The molecule has 1 heterocycles. The van der Waals surface area contributed by atoms with Crippen LogP contribution in [0.15, 0.2) is 5.70 Å². The molecule has 1 unspecified atom stereocenters. The summed E-state index contributed by atoms with van der Waals surface area (Å²) in [6.45, 7) is 0.261. The molecule has 0 bridgehead atoms. The molecule has 1 amide bonds. The number of aliphatic hydroxyl groups excluding tert-OH is 1. The second-order valence-electron chi connectivity index (χ2n) is 2.58. The molecular formula is C7H9NO4. The van der Waals surface area contributed by atoms with Gasteiger partial charge in [-0.1, -0.05) is 0 Å². The summed E-state index contributed by atoms with van der Waals surface area (Å²) in [5.41, 5.74) is -0.172. The van der Waals surface area contributed by atoms with Crippen LogP contribution in [0.25, 0.3) is 0 Å². The van der Waals surface area contributed by atoms with Crippen molar-refractivity contribution in [2.75, 3.05) is 6.54 Å². The number of hydrogen-bond donors (Lipinski definition) is 2. The van der Waals surface area contributed by atoms with Crippen molar-refractivity contribution in [2.45, 2.75) is 18.9 Å². The fourth-order valence-corrected chi connectivity index (χ4v) is 1.20. The minimum absolute atomic E-state index is 0.172. The Hall–Kier alpha value is -1.32. The highest BCUT2D eigenvalue weighted by Gasteiger charge is 2.28. The van der Waals surface area contributed by atoms with Gasteiger partial charge in [-0.05, 0) is 12.8 Å². The lowest BCUT2D eigenvalue weighted by molar-refractivity contribution is 0.105. The monoisotopic (exact) mass is 171 g/mol. The molecule has 2 N–H and O–H groups in total. The van der Waals surface area contributed by atoms with Crippen molar-refractivity contribution in [2.24, 2.45) is 0 Å². The molecule has 0 aromatic carbocycles. The Balaban J connectivity index is 2.86. The van der Waals surface area contributed by atoms with E-state index in [2.05, 4.69) is 0 Å². The average Bonchev–Trinajstić information content (AvgIpc) is 2.03. The Morgan fingerprint density at radius 1 is 1.67 bits per heavy atom. The van der Waals surface area contributed by atoms with Gasteiger partial charge in [0, 0.05) is 6.54 Å². The van der Waals surface area contributed by atoms with Gasteiger partial charge in [0.1, 0.15) is 17.7 Å². The molecule has 1 rings (SSSR count). The van der Waals surface area contributed by atoms with Gasteiger partial charge >= 0.3 is 6.09 Å². The van der Waals surface area contributed by atoms with E-state index < -0.39 is 12.2 Å². The Kier molecular flexibility index (Phi) is 2.47. The fourth-order valence-electron chi connectivity index (χ4n) is 1.20. The quantitative estimate of drug-likeness (QED) is 0.496. The van der Waals surface area contributed by atoms with Gasteiger partial charge in [0.2, 0.25) is 0 Å². The van der Waals surface area contributed by atoms with Gasteiger partial charge in [0.05, 0.1) is 0 Å². The van der Waals surface area contributed by atoms with Crippen LogP contribution in [0.3, 0.4) is 0 Å². The molecular weight excluding hydrogens is 162 g/mol. The minimum atomic E-state index is -1.22. The van der Waals surface area contributed by atoms with E-state index in [9.17, 15) is 14.7 Å². The summed E-state index contributed by atoms with van der Waals surface area (Å²) in [7, 11) is 0. The number of carbonyl (C=O) groups excluding carboxylic acids is 1. The van der Waals surface area contributed by atoms with E-state index >= 15 is 0 Å². The lowest BCUT2D eigenvalue weighted by Gasteiger charge is -2.27. The summed E-state index contributed by atoms with van der Waals surface area (Å²) < 4.78 is 0. The predicted molar refractivity (Wildman–Crippen MR) is 39.2 cm³/mol. The van der Waals surface area contributed by atoms with Crippen LogP contribution in [-0.2, 0) is 4.79 Å². The standard InChI is InChI=1S/C7H9NO4/c9-4-5-6(10)2-1-3-8(5)7(11)12/h6,10H,1-3H2,(H,11,12). The summed E-state index contributed by atoms with van der Waals surface area (Å²) in [5.74, 6) is 1.45. The molecule has 0 spiro atoms. The molecule has 5 nitrogen and oxygen atoms in total. The number of rotatable bonds is 0. The van der Waals surface area contributed by atoms with Gasteiger partial charge < -0.3 is 10.2 Å². The third-order valence-electron chi connectivity index (χ3n) is 1.80. The summed E-state index contributed by atoms with van der Waals surface area (Å²) in [6.07, 6.45) is -1.20. The smallest absolute Gasteiger partial charge is 0.412 e. The first kappa shape index (κ1) is 8.77. The van der Waals surface area contributed by atoms with Crippen LogP contribution >= 0.6 is 0 Å². The molecule has 1 saturated heterocycles. The topological polar surface area (TPSA) is 77.8 Å². The highest BCUT2D eigenvalue weighted by molar-refractivity contribution is 5.72. The van der Waals surface area contributed by atoms with Crippen molar-refractivity contribution in [1.29, 1.82) is 0 Å². The maximum Gasteiger partial charge on any atom is 0.412 e. The molecule has 66 valence electrons. The number of hydrogen-bond acceptors (Lipinski definition) is 3. The number of aliphatic hydroxyl groups is 1. The fraction of sp³-hybridized carbons (Fsp3) is 0.571. The summed E-state index contributed by atoms with van der Waals surface area (Å²) >= 11 is 0. The third-order valence-corrected chi connectivity index (χ3v) is 1.80. The van der Waals surface area contributed by atoms with Gasteiger partial charge in [-0.25, -0.2) is 9.59 Å². The molecule has 0 saturated carbocycles. The van der Waals surface area contributed by atoms with E-state index in [1.54, 1.807) is 0 Å². The number of nitrogens with zero attached hydrogens (tertiary/aromatic N) is 1. The van der Waals surface area contributed by atoms with Crippen LogP contribution in [-0.4, -0.2) is 39.8 Å². The zero-order valence-corrected chi connectivity index (χ0v) is 6.36. The molecule has 0 aromatic heterocycles. The van der Waals surface area contributed by atoms with Gasteiger partial charge in [0.15, 0.2) is 0 Å². The van der Waals surface area contributed by atoms with Crippen molar-refractivity contribution in [3.8, 4) is 0 Å². The largest absolute Gasteiger partial charge is 0.465 e. The third kappa shape index (κ3) is 1.47. The lowest BCUT2D eigenvalue weighted by Crippen LogP contribution is -2.39. The highest BCUT2D eigenvalue weighted by Crippen LogP contribution is 2.18. The minimum Gasteiger partial charge on any atom is -0.465 e. The van der Waals surface area contributed by atoms with Crippen LogP contribution in [0.1, 0.15) is 12.8 Å². The first-order valence-electron chi connectivity index (χ1n) is 3.60. The molecule has 1 fully saturated rings. The molecule has 5 heteroatoms. The number of piperidine rings is 1. The van der Waals surface area contributed by atoms with Crippen LogP contribution in [0.4, 0.5) is 4.79 Å². The Morgan fingerprint density at radius 3 is 2.75 bits per heavy atom. The van der Waals surface area contributed by atoms with Gasteiger partial charge in [-0.3, -0.25) is 4.90 Å². The SMILES string of the molecule is O=C=C1C(O)CCCN1C(=O)O. The summed E-state index contributed by atoms with van der Waals surface area (Å²) in [4.78, 5) is 21.6. The Morgan fingerprint density at radius 2 is 2.33 bits per heavy atom. The number of amides is 1. The van der Waals surface area contributed by atoms with Gasteiger partial charge in [0.25, 0.3) is 0 Å². The van der Waals surface area contributed by atoms with E-state index in [1.807, 2.05) is 0 Å². The lowest BCUT2D eigenvalue weighted by atomic mass is 10.1. The second kappa shape index (κ2) is 3.38. The van der Waals surface area contributed by atoms with Crippen molar-refractivity contribution in [3.05, 3.63) is 5.70 Å². The van der Waals surface area contributed by atoms with Crippen LogP contribution < -0.4 is 0 Å². The number of carboxylic acid groups (broad SMARTS) is 1. The van der Waals surface area contributed by atoms with Gasteiger partial charge in [-0.2, -0.15) is 0 Å². The van der Waals surface area contributed by atoms with Crippen molar-refractivity contribution >= 4 is 12.0 Å². The maximum absolute atomic E-state index is 10.5. The Bertz CT molecular complexity index is 244. The van der Waals surface area contributed by atoms with E-state index in [0.717, 1.165) is 4.90 Å². The molecule has 0 aromatic rings. The molecule has 1 aliphatic heterocycles. The first-order valence-corrected chi connectivity index (χ1v) is 3.60. The molecule has 0 aliphatic carbocycles. The van der Waals surface area contributed by atoms with Crippen molar-refractivity contribution in [3.63, 3.8) is 0 Å². The maximum atomic E-state index is 10.5. The van der Waals surface area contributed by atoms with E-state index in [0.29, 0.717) is 12.8 Å². The number of likely N-dealkylation sites (tertiary alicyclic amines) is 1. The van der Waals surface area contributed by atoms with E-state index in [4.69, 9.17) is 5.11 Å². The average molecular weight is 171 g/mol. The van der Waals surface area contributed by atoms with Crippen molar-refractivity contribution < 1.29 is 19.8 Å². The zero-order chi connectivity index (χ0) is 9.14. The molecule has 12 heavy (non-hydrogen) atoms. The van der Waals surface area contributed by atoms with Gasteiger partial charge in [-0.15, -0.1) is 0 Å². The molecule has 1 atom stereocenters. The van der Waals surface area contributed by atoms with Crippen LogP contribution in [0, 0.1) is 0 Å². The van der Waals surface area contributed by atoms with Crippen LogP contribution in [0.5, 0.6) is 0 Å². The predicted octanol–water partition coefficient (Wildman–Crippen LogP) is -0.163. The summed E-state index contributed by atoms with van der Waals surface area (Å²) in [5, 5.41) is 17.8. The molecule has 1 aliphatic rings. The van der Waals surface area contributed by atoms with Crippen LogP contribution in [0.2, 0.25) is 0 Å². The van der Waals surface area contributed by atoms with E-state index in [1.165, 1.54) is 5.94 Å². The summed E-state index contributed by atoms with van der Waals surface area (Å²) in [6, 6.07) is 0. The zero-order valence-electron chi connectivity index (χ0n) is 6.36. The second-order valence-corrected chi connectivity index (χ2v) is 2.58.